The molecular formula is C40H49N3O8. The number of benzene rings is 2. The Balaban J connectivity index is 0.882. The molecule has 4 heterocycles. The third kappa shape index (κ3) is 6.21. The van der Waals surface area contributed by atoms with E-state index >= 15 is 0 Å². The molecule has 1 N–H and O–H groups in total. The smallest absolute Gasteiger partial charge is 0.416 e. The van der Waals surface area contributed by atoms with Crippen molar-refractivity contribution in [2.45, 2.75) is 95.9 Å². The molecule has 3 amide bonds. The highest BCUT2D eigenvalue weighted by molar-refractivity contribution is 6.06. The van der Waals surface area contributed by atoms with E-state index in [9.17, 15) is 19.5 Å². The summed E-state index contributed by atoms with van der Waals surface area (Å²) in [5, 5.41) is 11.5. The van der Waals surface area contributed by atoms with Gasteiger partial charge in [0, 0.05) is 30.8 Å². The molecule has 2 saturated carbocycles. The van der Waals surface area contributed by atoms with Crippen LogP contribution >= 0.6 is 0 Å². The number of aliphatic hydroxyl groups is 1. The van der Waals surface area contributed by atoms with Crippen LogP contribution in [0.2, 0.25) is 0 Å². The summed E-state index contributed by atoms with van der Waals surface area (Å²) in [4.78, 5) is 45.7. The molecule has 8 rings (SSSR count). The van der Waals surface area contributed by atoms with E-state index in [0.29, 0.717) is 66.1 Å². The molecule has 1 unspecified atom stereocenters. The van der Waals surface area contributed by atoms with Crippen molar-refractivity contribution in [3.63, 3.8) is 0 Å². The quantitative estimate of drug-likeness (QED) is 0.223. The van der Waals surface area contributed by atoms with Crippen LogP contribution in [0.25, 0.3) is 0 Å². The van der Waals surface area contributed by atoms with Gasteiger partial charge in [-0.25, -0.2) is 9.69 Å². The Morgan fingerprint density at radius 1 is 0.902 bits per heavy atom. The minimum Gasteiger partial charge on any atom is -0.493 e. The number of aliphatic hydroxyl groups excluding tert-OH is 1. The van der Waals surface area contributed by atoms with E-state index in [-0.39, 0.29) is 23.8 Å². The zero-order valence-corrected chi connectivity index (χ0v) is 29.8. The first kappa shape index (κ1) is 33.9. The summed E-state index contributed by atoms with van der Waals surface area (Å²) < 4.78 is 23.4. The van der Waals surface area contributed by atoms with Gasteiger partial charge in [0.25, 0.3) is 11.8 Å². The second kappa shape index (κ2) is 13.1. The third-order valence-corrected chi connectivity index (χ3v) is 12.2. The fourth-order valence-corrected chi connectivity index (χ4v) is 8.91. The standard InChI is InChI=1S/C40H49N3O8/c1-4-14-51-38(47)43-30-20-32(25(2)17-29(30)36(45)42-24-40(12-13-40)22-31(42)37(43)46)49-15-6-5-7-16-50-34-18-26-8-9-27-21-39(10-11-39)23-41(27)35(44)28(26)19-33(34)48-3/h4,17-20,27,31,37,46H,1,5-16,21-24H2,2-3H3/t27-,31+,37?/m1/s1. The van der Waals surface area contributed by atoms with Crippen molar-refractivity contribution in [1.82, 2.24) is 9.80 Å². The Hall–Kier alpha value is -4.25. The van der Waals surface area contributed by atoms with Crippen LogP contribution in [-0.2, 0) is 11.2 Å². The molecule has 272 valence electrons. The summed E-state index contributed by atoms with van der Waals surface area (Å²) in [6.07, 6.45) is 10.1. The van der Waals surface area contributed by atoms with Crippen molar-refractivity contribution in [2.75, 3.05) is 44.9 Å². The van der Waals surface area contributed by atoms with E-state index in [1.54, 1.807) is 24.1 Å². The molecule has 11 nitrogen and oxygen atoms in total. The Labute approximate surface area is 299 Å². The van der Waals surface area contributed by atoms with Crippen molar-refractivity contribution in [1.29, 1.82) is 0 Å². The Bertz CT molecular complexity index is 1750. The first-order chi connectivity index (χ1) is 24.6. The van der Waals surface area contributed by atoms with Crippen molar-refractivity contribution in [2.24, 2.45) is 10.8 Å². The Morgan fingerprint density at radius 2 is 1.59 bits per heavy atom. The molecule has 4 aliphatic heterocycles. The molecule has 2 aromatic carbocycles. The summed E-state index contributed by atoms with van der Waals surface area (Å²) in [6.45, 7) is 7.90. The second-order valence-electron chi connectivity index (χ2n) is 15.7. The van der Waals surface area contributed by atoms with Crippen LogP contribution in [0.1, 0.15) is 96.1 Å². The van der Waals surface area contributed by atoms with Gasteiger partial charge in [-0.1, -0.05) is 12.7 Å². The van der Waals surface area contributed by atoms with E-state index in [0.717, 1.165) is 74.6 Å². The average Bonchev–Trinajstić information content (AvgIpc) is 4.00. The molecule has 4 fully saturated rings. The monoisotopic (exact) mass is 699 g/mol. The van der Waals surface area contributed by atoms with Crippen LogP contribution in [0.4, 0.5) is 10.5 Å². The van der Waals surface area contributed by atoms with Crippen LogP contribution in [-0.4, -0.2) is 91.1 Å². The summed E-state index contributed by atoms with van der Waals surface area (Å²) in [5.41, 5.74) is 3.64. The maximum absolute atomic E-state index is 13.8. The van der Waals surface area contributed by atoms with Gasteiger partial charge in [-0.05, 0) is 118 Å². The van der Waals surface area contributed by atoms with Gasteiger partial charge in [0.15, 0.2) is 17.7 Å². The van der Waals surface area contributed by atoms with Gasteiger partial charge in [0.05, 0.1) is 37.6 Å². The van der Waals surface area contributed by atoms with Gasteiger partial charge < -0.3 is 33.9 Å². The number of unbranched alkanes of at least 4 members (excludes halogenated alkanes) is 2. The molecule has 2 saturated heterocycles. The van der Waals surface area contributed by atoms with Gasteiger partial charge in [0.1, 0.15) is 12.4 Å². The maximum atomic E-state index is 13.8. The fourth-order valence-electron chi connectivity index (χ4n) is 8.91. The number of anilines is 1. The first-order valence-electron chi connectivity index (χ1n) is 18.6. The number of methoxy groups -OCH3 is 1. The third-order valence-electron chi connectivity index (χ3n) is 12.2. The molecule has 2 spiro atoms. The van der Waals surface area contributed by atoms with Crippen LogP contribution in [0, 0.1) is 17.8 Å². The molecule has 2 aliphatic carbocycles. The number of carbonyl (C=O) groups excluding carboxylic acids is 3. The number of hydrogen-bond acceptors (Lipinski definition) is 8. The second-order valence-corrected chi connectivity index (χ2v) is 15.7. The minimum absolute atomic E-state index is 0.0127. The van der Waals surface area contributed by atoms with E-state index in [2.05, 4.69) is 11.5 Å². The van der Waals surface area contributed by atoms with Gasteiger partial charge >= 0.3 is 6.09 Å². The van der Waals surface area contributed by atoms with Crippen molar-refractivity contribution < 1.29 is 38.4 Å². The highest BCUT2D eigenvalue weighted by Crippen LogP contribution is 2.57. The number of aryl methyl sites for hydroxylation is 2. The Kier molecular flexibility index (Phi) is 8.67. The lowest BCUT2D eigenvalue weighted by Gasteiger charge is -2.31. The predicted molar refractivity (Wildman–Crippen MR) is 190 cm³/mol. The van der Waals surface area contributed by atoms with E-state index in [1.165, 1.54) is 23.8 Å². The molecule has 0 radical (unpaired) electrons. The molecule has 51 heavy (non-hydrogen) atoms. The van der Waals surface area contributed by atoms with Crippen LogP contribution in [0.3, 0.4) is 0 Å². The number of ether oxygens (including phenoxy) is 4. The molecule has 0 aromatic heterocycles. The summed E-state index contributed by atoms with van der Waals surface area (Å²) in [6, 6.07) is 7.14. The van der Waals surface area contributed by atoms with Crippen molar-refractivity contribution in [3.8, 4) is 17.2 Å². The van der Waals surface area contributed by atoms with Gasteiger partial charge in [0.2, 0.25) is 0 Å². The largest absolute Gasteiger partial charge is 0.493 e. The first-order valence-corrected chi connectivity index (χ1v) is 18.6. The van der Waals surface area contributed by atoms with E-state index < -0.39 is 18.4 Å². The highest BCUT2D eigenvalue weighted by Gasteiger charge is 2.58. The highest BCUT2D eigenvalue weighted by atomic mass is 16.6. The van der Waals surface area contributed by atoms with Gasteiger partial charge in [-0.3, -0.25) is 9.59 Å². The lowest BCUT2D eigenvalue weighted by Crippen LogP contribution is -2.50. The molecule has 6 aliphatic rings. The molecule has 3 atom stereocenters. The maximum Gasteiger partial charge on any atom is 0.416 e. The fraction of sp³-hybridized carbons (Fsp3) is 0.575. The van der Waals surface area contributed by atoms with Gasteiger partial charge in [-0.2, -0.15) is 0 Å². The lowest BCUT2D eigenvalue weighted by molar-refractivity contribution is 0.0496. The topological polar surface area (TPSA) is 118 Å². The molecule has 0 bridgehead atoms. The zero-order chi connectivity index (χ0) is 35.5. The van der Waals surface area contributed by atoms with Crippen LogP contribution < -0.4 is 19.1 Å². The SMILES string of the molecule is C=CCOC(=O)N1c2cc(OCCCCCOc3cc4c(cc3OC)C(=O)N3CC5(CC5)C[C@H]3CC4)c(C)cc2C(=O)N2CC3(CC3)C[C@H]2C1O. The number of hydrogen-bond donors (Lipinski definition) is 1. The van der Waals surface area contributed by atoms with Crippen molar-refractivity contribution >= 4 is 23.6 Å². The number of carbonyl (C=O) groups is 3. The molecule has 2 aromatic rings. The normalized spacial score (nSPS) is 24.7. The average molecular weight is 700 g/mol. The number of rotatable bonds is 11. The minimum atomic E-state index is -1.24. The summed E-state index contributed by atoms with van der Waals surface area (Å²) >= 11 is 0. The van der Waals surface area contributed by atoms with Crippen LogP contribution in [0.5, 0.6) is 17.2 Å². The number of fused-ring (bicyclic) bond motifs is 4. The summed E-state index contributed by atoms with van der Waals surface area (Å²) in [7, 11) is 1.61. The van der Waals surface area contributed by atoms with E-state index in [1.807, 2.05) is 19.1 Å². The summed E-state index contributed by atoms with van der Waals surface area (Å²) in [5.74, 6) is 1.74. The van der Waals surface area contributed by atoms with Crippen molar-refractivity contribution in [3.05, 3.63) is 59.2 Å². The number of amides is 3. The lowest BCUT2D eigenvalue weighted by atomic mass is 9.97. The zero-order valence-electron chi connectivity index (χ0n) is 29.8. The molecule has 11 heteroatoms. The van der Waals surface area contributed by atoms with Gasteiger partial charge in [-0.15, -0.1) is 0 Å². The van der Waals surface area contributed by atoms with E-state index in [4.69, 9.17) is 18.9 Å². The Morgan fingerprint density at radius 3 is 2.29 bits per heavy atom. The number of nitrogens with zero attached hydrogens (tertiary/aromatic N) is 3. The predicted octanol–water partition coefficient (Wildman–Crippen LogP) is 6.03. The molecular weight excluding hydrogens is 650 g/mol. The van der Waals surface area contributed by atoms with Crippen LogP contribution in [0.15, 0.2) is 36.9 Å².